The number of amides is 1. The summed E-state index contributed by atoms with van der Waals surface area (Å²) in [5.41, 5.74) is 7.41. The van der Waals surface area contributed by atoms with Gasteiger partial charge >= 0.3 is 0 Å². The molecule has 3 N–H and O–H groups in total. The molecule has 32 heavy (non-hydrogen) atoms. The van der Waals surface area contributed by atoms with Crippen molar-refractivity contribution in [2.75, 3.05) is 6.54 Å². The number of alkyl halides is 2. The van der Waals surface area contributed by atoms with Crippen molar-refractivity contribution in [2.24, 2.45) is 5.73 Å². The van der Waals surface area contributed by atoms with Gasteiger partial charge in [-0.2, -0.15) is 0 Å². The van der Waals surface area contributed by atoms with E-state index in [-0.39, 0.29) is 17.7 Å². The lowest BCUT2D eigenvalue weighted by Crippen LogP contribution is -2.17. The zero-order valence-electron chi connectivity index (χ0n) is 18.0. The Balaban J connectivity index is 1.46. The molecular formula is C25H27F2N3O2. The first-order valence-electron chi connectivity index (χ1n) is 10.6. The van der Waals surface area contributed by atoms with Crippen LogP contribution in [0.5, 0.6) is 11.5 Å². The van der Waals surface area contributed by atoms with Gasteiger partial charge in [-0.15, -0.1) is 0 Å². The van der Waals surface area contributed by atoms with E-state index in [9.17, 15) is 13.6 Å². The van der Waals surface area contributed by atoms with Gasteiger partial charge in [0.05, 0.1) is 6.20 Å². The molecule has 0 saturated heterocycles. The Hall–Kier alpha value is -3.32. The molecule has 0 aliphatic carbocycles. The van der Waals surface area contributed by atoms with Gasteiger partial charge in [0.15, 0.2) is 0 Å². The molecule has 3 rings (SSSR count). The second-order valence-electron chi connectivity index (χ2n) is 7.57. The fourth-order valence-corrected chi connectivity index (χ4v) is 3.28. The van der Waals surface area contributed by atoms with Crippen LogP contribution in [0.25, 0.3) is 0 Å². The number of hydrogen-bond donors (Lipinski definition) is 2. The Labute approximate surface area is 186 Å². The molecule has 0 unspecified atom stereocenters. The van der Waals surface area contributed by atoms with E-state index in [0.717, 1.165) is 11.1 Å². The van der Waals surface area contributed by atoms with Crippen molar-refractivity contribution >= 4 is 5.91 Å². The van der Waals surface area contributed by atoms with E-state index in [0.29, 0.717) is 37.4 Å². The van der Waals surface area contributed by atoms with Gasteiger partial charge in [0.1, 0.15) is 17.2 Å². The quantitative estimate of drug-likeness (QED) is 0.403. The SMILES string of the molecule is CCCC(F)(F)c1cccc(CCNCc2ccc(Oc3ccc(C(N)=O)nc3)cc2)c1. The Bertz CT molecular complexity index is 1020. The molecule has 0 bridgehead atoms. The van der Waals surface area contributed by atoms with Crippen molar-refractivity contribution in [3.05, 3.63) is 89.2 Å². The highest BCUT2D eigenvalue weighted by Crippen LogP contribution is 2.33. The van der Waals surface area contributed by atoms with Gasteiger partial charge in [0.25, 0.3) is 11.8 Å². The molecule has 0 spiro atoms. The van der Waals surface area contributed by atoms with Gasteiger partial charge in [-0.05, 0) is 54.4 Å². The van der Waals surface area contributed by atoms with Gasteiger partial charge in [0, 0.05) is 18.5 Å². The number of pyridine rings is 1. The predicted octanol–water partition coefficient (Wildman–Crippen LogP) is 5.20. The van der Waals surface area contributed by atoms with E-state index in [1.54, 1.807) is 25.1 Å². The highest BCUT2D eigenvalue weighted by molar-refractivity contribution is 5.90. The second kappa shape index (κ2) is 10.8. The third-order valence-electron chi connectivity index (χ3n) is 4.98. The number of carbonyl (C=O) groups excluding carboxylic acids is 1. The highest BCUT2D eigenvalue weighted by Gasteiger charge is 2.30. The standard InChI is InChI=1S/C25H27F2N3O2/c1-2-13-25(26,27)20-5-3-4-18(15-20)12-14-29-16-19-6-8-21(9-7-19)32-22-10-11-23(24(28)31)30-17-22/h3-11,15,17,29H,2,12-14,16H2,1H3,(H2,28,31). The fraction of sp³-hybridized carbons (Fsp3) is 0.280. The van der Waals surface area contributed by atoms with Crippen LogP contribution in [0.15, 0.2) is 66.9 Å². The zero-order chi connectivity index (χ0) is 23.0. The average Bonchev–Trinajstić information content (AvgIpc) is 2.78. The minimum absolute atomic E-state index is 0.0897. The van der Waals surface area contributed by atoms with Crippen LogP contribution in [0, 0.1) is 0 Å². The number of carbonyl (C=O) groups is 1. The molecule has 0 fully saturated rings. The first-order chi connectivity index (χ1) is 15.4. The molecule has 0 atom stereocenters. The smallest absolute Gasteiger partial charge is 0.273 e. The summed E-state index contributed by atoms with van der Waals surface area (Å²) in [4.78, 5) is 15.0. The maximum Gasteiger partial charge on any atom is 0.273 e. The molecule has 1 amide bonds. The summed E-state index contributed by atoms with van der Waals surface area (Å²) < 4.78 is 33.9. The molecule has 2 aromatic carbocycles. The summed E-state index contributed by atoms with van der Waals surface area (Å²) in [6.07, 6.45) is 2.43. The van der Waals surface area contributed by atoms with E-state index in [2.05, 4.69) is 10.3 Å². The van der Waals surface area contributed by atoms with E-state index < -0.39 is 11.8 Å². The minimum atomic E-state index is -2.78. The van der Waals surface area contributed by atoms with Gasteiger partial charge in [-0.1, -0.05) is 43.7 Å². The van der Waals surface area contributed by atoms with Crippen molar-refractivity contribution in [3.8, 4) is 11.5 Å². The van der Waals surface area contributed by atoms with Crippen molar-refractivity contribution in [3.63, 3.8) is 0 Å². The second-order valence-corrected chi connectivity index (χ2v) is 7.57. The van der Waals surface area contributed by atoms with Crippen molar-refractivity contribution in [1.82, 2.24) is 10.3 Å². The fourth-order valence-electron chi connectivity index (χ4n) is 3.28. The van der Waals surface area contributed by atoms with Crippen LogP contribution in [0.4, 0.5) is 8.78 Å². The van der Waals surface area contributed by atoms with Crippen LogP contribution < -0.4 is 15.8 Å². The normalized spacial score (nSPS) is 11.3. The van der Waals surface area contributed by atoms with E-state index in [1.165, 1.54) is 18.3 Å². The molecule has 0 aliphatic heterocycles. The molecule has 3 aromatic rings. The van der Waals surface area contributed by atoms with Crippen LogP contribution in [-0.4, -0.2) is 17.4 Å². The van der Waals surface area contributed by atoms with Crippen molar-refractivity contribution in [2.45, 2.75) is 38.7 Å². The molecule has 0 aliphatic rings. The molecule has 0 saturated carbocycles. The first-order valence-corrected chi connectivity index (χ1v) is 10.6. The minimum Gasteiger partial charge on any atom is -0.456 e. The molecular weight excluding hydrogens is 412 g/mol. The van der Waals surface area contributed by atoms with Crippen LogP contribution >= 0.6 is 0 Å². The summed E-state index contributed by atoms with van der Waals surface area (Å²) >= 11 is 0. The third-order valence-corrected chi connectivity index (χ3v) is 4.98. The summed E-state index contributed by atoms with van der Waals surface area (Å²) in [6, 6.07) is 17.4. The summed E-state index contributed by atoms with van der Waals surface area (Å²) in [5.74, 6) is -2.21. The average molecular weight is 440 g/mol. The number of hydrogen-bond acceptors (Lipinski definition) is 4. The molecule has 5 nitrogen and oxygen atoms in total. The van der Waals surface area contributed by atoms with Crippen molar-refractivity contribution in [1.29, 1.82) is 0 Å². The Morgan fingerprint density at radius 2 is 1.81 bits per heavy atom. The predicted molar refractivity (Wildman–Crippen MR) is 120 cm³/mol. The maximum absolute atomic E-state index is 14.1. The lowest BCUT2D eigenvalue weighted by Gasteiger charge is -2.16. The number of nitrogens with one attached hydrogen (secondary N) is 1. The third kappa shape index (κ3) is 6.59. The molecule has 168 valence electrons. The first kappa shape index (κ1) is 23.3. The number of nitrogens with two attached hydrogens (primary N) is 1. The zero-order valence-corrected chi connectivity index (χ0v) is 18.0. The molecule has 0 radical (unpaired) electrons. The van der Waals surface area contributed by atoms with E-state index >= 15 is 0 Å². The van der Waals surface area contributed by atoms with Gasteiger partial charge in [-0.25, -0.2) is 13.8 Å². The number of benzene rings is 2. The highest BCUT2D eigenvalue weighted by atomic mass is 19.3. The van der Waals surface area contributed by atoms with E-state index in [4.69, 9.17) is 10.5 Å². The Morgan fingerprint density at radius 3 is 2.47 bits per heavy atom. The summed E-state index contributed by atoms with van der Waals surface area (Å²) in [5, 5.41) is 3.34. The number of aromatic nitrogens is 1. The largest absolute Gasteiger partial charge is 0.456 e. The molecule has 1 aromatic heterocycles. The van der Waals surface area contributed by atoms with Crippen molar-refractivity contribution < 1.29 is 18.3 Å². The number of nitrogens with zero attached hydrogens (tertiary/aromatic N) is 1. The van der Waals surface area contributed by atoms with Crippen LogP contribution in [0.1, 0.15) is 46.9 Å². The number of ether oxygens (including phenoxy) is 1. The molecule has 7 heteroatoms. The van der Waals surface area contributed by atoms with Crippen LogP contribution in [0.2, 0.25) is 0 Å². The lowest BCUT2D eigenvalue weighted by molar-refractivity contribution is -0.0141. The summed E-state index contributed by atoms with van der Waals surface area (Å²) in [7, 11) is 0. The Kier molecular flexibility index (Phi) is 7.89. The number of rotatable bonds is 11. The summed E-state index contributed by atoms with van der Waals surface area (Å²) in [6.45, 7) is 3.10. The monoisotopic (exact) mass is 439 g/mol. The van der Waals surface area contributed by atoms with Gasteiger partial charge in [0.2, 0.25) is 0 Å². The Morgan fingerprint density at radius 1 is 1.06 bits per heavy atom. The topological polar surface area (TPSA) is 77.2 Å². The maximum atomic E-state index is 14.1. The van der Waals surface area contributed by atoms with Gasteiger partial charge in [-0.3, -0.25) is 4.79 Å². The van der Waals surface area contributed by atoms with Gasteiger partial charge < -0.3 is 15.8 Å². The lowest BCUT2D eigenvalue weighted by atomic mass is 10.0. The molecule has 1 heterocycles. The van der Waals surface area contributed by atoms with E-state index in [1.807, 2.05) is 30.3 Å². The number of halogens is 2. The van der Waals surface area contributed by atoms with Crippen LogP contribution in [-0.2, 0) is 18.9 Å². The number of primary amides is 1. The van der Waals surface area contributed by atoms with Crippen LogP contribution in [0.3, 0.4) is 0 Å².